The Morgan fingerprint density at radius 2 is 1.87 bits per heavy atom. The summed E-state index contributed by atoms with van der Waals surface area (Å²) in [6.07, 6.45) is 4.75. The fraction of sp³-hybridized carbons (Fsp3) is 0.833. The van der Waals surface area contributed by atoms with E-state index in [2.05, 4.69) is 6.92 Å². The molecule has 1 aliphatic rings. The number of aliphatic carboxylic acids is 1. The van der Waals surface area contributed by atoms with Crippen molar-refractivity contribution in [1.82, 2.24) is 0 Å². The quantitative estimate of drug-likeness (QED) is 0.779. The number of hydrogen-bond acceptors (Lipinski definition) is 2. The van der Waals surface area contributed by atoms with E-state index < -0.39 is 5.97 Å². The molecule has 0 aromatic carbocycles. The number of Topliss-reactive ketones (excluding diaryl/α,β-unsaturated/α-hetero) is 1. The summed E-state index contributed by atoms with van der Waals surface area (Å²) in [5.41, 5.74) is -0.208. The molecule has 0 saturated heterocycles. The van der Waals surface area contributed by atoms with Gasteiger partial charge in [-0.3, -0.25) is 9.59 Å². The van der Waals surface area contributed by atoms with Crippen LogP contribution in [0.2, 0.25) is 0 Å². The maximum absolute atomic E-state index is 11.6. The van der Waals surface area contributed by atoms with Gasteiger partial charge in [0.2, 0.25) is 0 Å². The Hall–Kier alpha value is -0.860. The van der Waals surface area contributed by atoms with E-state index in [1.165, 1.54) is 0 Å². The van der Waals surface area contributed by atoms with Crippen molar-refractivity contribution in [1.29, 1.82) is 0 Å². The first-order chi connectivity index (χ1) is 7.02. The van der Waals surface area contributed by atoms with Crippen LogP contribution < -0.4 is 0 Å². The van der Waals surface area contributed by atoms with Crippen molar-refractivity contribution in [3.8, 4) is 0 Å². The van der Waals surface area contributed by atoms with Gasteiger partial charge >= 0.3 is 5.97 Å². The normalized spacial score (nSPS) is 31.2. The highest BCUT2D eigenvalue weighted by Gasteiger charge is 2.40. The number of carbonyl (C=O) groups excluding carboxylic acids is 1. The highest BCUT2D eigenvalue weighted by Crippen LogP contribution is 2.43. The lowest BCUT2D eigenvalue weighted by molar-refractivity contribution is -0.145. The third kappa shape index (κ3) is 2.58. The molecule has 0 aromatic heterocycles. The van der Waals surface area contributed by atoms with Crippen molar-refractivity contribution in [2.75, 3.05) is 0 Å². The standard InChI is InChI=1S/C12H20O3/c1-3-6-12(9(2)13)7-4-10(5-8-12)11(14)15/h10H,3-8H2,1-2H3,(H,14,15)/t10-,12-. The summed E-state index contributed by atoms with van der Waals surface area (Å²) in [7, 11) is 0. The van der Waals surface area contributed by atoms with Crippen molar-refractivity contribution < 1.29 is 14.7 Å². The van der Waals surface area contributed by atoms with Crippen LogP contribution in [0.4, 0.5) is 0 Å². The molecule has 0 amide bonds. The van der Waals surface area contributed by atoms with Gasteiger partial charge in [-0.2, -0.15) is 0 Å². The molecule has 86 valence electrons. The Bertz CT molecular complexity index is 250. The predicted octanol–water partition coefficient (Wildman–Crippen LogP) is 2.64. The fourth-order valence-electron chi connectivity index (χ4n) is 2.67. The summed E-state index contributed by atoms with van der Waals surface area (Å²) >= 11 is 0. The first-order valence-corrected chi connectivity index (χ1v) is 5.75. The maximum atomic E-state index is 11.6. The molecule has 0 heterocycles. The molecule has 1 aliphatic carbocycles. The van der Waals surface area contributed by atoms with E-state index in [-0.39, 0.29) is 17.1 Å². The monoisotopic (exact) mass is 212 g/mol. The van der Waals surface area contributed by atoms with Crippen molar-refractivity contribution in [2.24, 2.45) is 11.3 Å². The van der Waals surface area contributed by atoms with Crippen LogP contribution in [0.1, 0.15) is 52.4 Å². The lowest BCUT2D eigenvalue weighted by Crippen LogP contribution is -2.35. The molecule has 3 heteroatoms. The highest BCUT2D eigenvalue weighted by atomic mass is 16.4. The van der Waals surface area contributed by atoms with Crippen LogP contribution in [0.5, 0.6) is 0 Å². The third-order valence-corrected chi connectivity index (χ3v) is 3.77. The molecule has 0 unspecified atom stereocenters. The second kappa shape index (κ2) is 4.77. The number of carboxylic acid groups (broad SMARTS) is 1. The van der Waals surface area contributed by atoms with Crippen LogP contribution in [-0.4, -0.2) is 16.9 Å². The average Bonchev–Trinajstić information content (AvgIpc) is 2.18. The van der Waals surface area contributed by atoms with Crippen LogP contribution >= 0.6 is 0 Å². The van der Waals surface area contributed by atoms with E-state index in [4.69, 9.17) is 5.11 Å². The number of rotatable bonds is 4. The summed E-state index contributed by atoms with van der Waals surface area (Å²) in [4.78, 5) is 22.4. The first kappa shape index (κ1) is 12.2. The Kier molecular flexibility index (Phi) is 3.89. The molecule has 0 radical (unpaired) electrons. The van der Waals surface area contributed by atoms with Crippen molar-refractivity contribution in [2.45, 2.75) is 52.4 Å². The molecule has 0 bridgehead atoms. The SMILES string of the molecule is CCC[C@]1(C(C)=O)CC[C@H](C(=O)O)CC1. The predicted molar refractivity (Wildman–Crippen MR) is 57.6 cm³/mol. The fourth-order valence-corrected chi connectivity index (χ4v) is 2.67. The average molecular weight is 212 g/mol. The van der Waals surface area contributed by atoms with E-state index in [1.54, 1.807) is 6.92 Å². The Morgan fingerprint density at radius 1 is 1.33 bits per heavy atom. The van der Waals surface area contributed by atoms with Gasteiger partial charge in [0, 0.05) is 5.41 Å². The lowest BCUT2D eigenvalue weighted by atomic mass is 9.66. The summed E-state index contributed by atoms with van der Waals surface area (Å²) in [5.74, 6) is -0.689. The van der Waals surface area contributed by atoms with E-state index in [1.807, 2.05) is 0 Å². The molecule has 3 nitrogen and oxygen atoms in total. The van der Waals surface area contributed by atoms with Crippen LogP contribution in [0.15, 0.2) is 0 Å². The molecule has 0 aromatic rings. The van der Waals surface area contributed by atoms with Crippen molar-refractivity contribution in [3.63, 3.8) is 0 Å². The number of carboxylic acids is 1. The zero-order valence-electron chi connectivity index (χ0n) is 9.58. The number of hydrogen-bond donors (Lipinski definition) is 1. The molecule has 0 atom stereocenters. The second-order valence-electron chi connectivity index (χ2n) is 4.70. The molecule has 15 heavy (non-hydrogen) atoms. The van der Waals surface area contributed by atoms with Crippen LogP contribution in [0.25, 0.3) is 0 Å². The zero-order chi connectivity index (χ0) is 11.5. The molecule has 0 spiro atoms. The smallest absolute Gasteiger partial charge is 0.306 e. The topological polar surface area (TPSA) is 54.4 Å². The summed E-state index contributed by atoms with van der Waals surface area (Å²) in [6.45, 7) is 3.73. The molecule has 1 saturated carbocycles. The van der Waals surface area contributed by atoms with E-state index in [0.717, 1.165) is 25.7 Å². The zero-order valence-corrected chi connectivity index (χ0v) is 9.58. The van der Waals surface area contributed by atoms with Gasteiger partial charge in [0.05, 0.1) is 5.92 Å². The van der Waals surface area contributed by atoms with E-state index >= 15 is 0 Å². The number of ketones is 1. The molecular formula is C12H20O3. The largest absolute Gasteiger partial charge is 0.481 e. The molecule has 1 fully saturated rings. The molecule has 1 N–H and O–H groups in total. The minimum atomic E-state index is -0.705. The van der Waals surface area contributed by atoms with Gasteiger partial charge in [0.1, 0.15) is 5.78 Å². The van der Waals surface area contributed by atoms with Crippen LogP contribution in [0, 0.1) is 11.3 Å². The number of carbonyl (C=O) groups is 2. The van der Waals surface area contributed by atoms with Crippen LogP contribution in [0.3, 0.4) is 0 Å². The summed E-state index contributed by atoms with van der Waals surface area (Å²) in [6, 6.07) is 0. The maximum Gasteiger partial charge on any atom is 0.306 e. The summed E-state index contributed by atoms with van der Waals surface area (Å²) in [5, 5.41) is 8.89. The van der Waals surface area contributed by atoms with Gasteiger partial charge in [-0.15, -0.1) is 0 Å². The van der Waals surface area contributed by atoms with Gasteiger partial charge in [0.15, 0.2) is 0 Å². The van der Waals surface area contributed by atoms with Gasteiger partial charge in [-0.1, -0.05) is 13.3 Å². The summed E-state index contributed by atoms with van der Waals surface area (Å²) < 4.78 is 0. The third-order valence-electron chi connectivity index (χ3n) is 3.77. The van der Waals surface area contributed by atoms with E-state index in [0.29, 0.717) is 12.8 Å². The van der Waals surface area contributed by atoms with Crippen molar-refractivity contribution in [3.05, 3.63) is 0 Å². The van der Waals surface area contributed by atoms with Gasteiger partial charge in [-0.05, 0) is 39.0 Å². The van der Waals surface area contributed by atoms with Crippen molar-refractivity contribution >= 4 is 11.8 Å². The van der Waals surface area contributed by atoms with E-state index in [9.17, 15) is 9.59 Å². The Morgan fingerprint density at radius 3 is 2.20 bits per heavy atom. The molecule has 0 aliphatic heterocycles. The van der Waals surface area contributed by atoms with Gasteiger partial charge < -0.3 is 5.11 Å². The highest BCUT2D eigenvalue weighted by molar-refractivity contribution is 5.82. The molecular weight excluding hydrogens is 192 g/mol. The lowest BCUT2D eigenvalue weighted by Gasteiger charge is -2.37. The minimum absolute atomic E-state index is 0.208. The molecule has 1 rings (SSSR count). The van der Waals surface area contributed by atoms with Gasteiger partial charge in [0.25, 0.3) is 0 Å². The first-order valence-electron chi connectivity index (χ1n) is 5.75. The Balaban J connectivity index is 2.65. The second-order valence-corrected chi connectivity index (χ2v) is 4.70. The van der Waals surface area contributed by atoms with Gasteiger partial charge in [-0.25, -0.2) is 0 Å². The van der Waals surface area contributed by atoms with Crippen LogP contribution in [-0.2, 0) is 9.59 Å². The minimum Gasteiger partial charge on any atom is -0.481 e. The Labute approximate surface area is 90.9 Å².